The van der Waals surface area contributed by atoms with Crippen LogP contribution in [-0.2, 0) is 11.3 Å². The van der Waals surface area contributed by atoms with Gasteiger partial charge < -0.3 is 4.74 Å². The van der Waals surface area contributed by atoms with Crippen molar-refractivity contribution in [2.24, 2.45) is 0 Å². The highest BCUT2D eigenvalue weighted by Crippen LogP contribution is 2.28. The van der Waals surface area contributed by atoms with Crippen LogP contribution in [0.1, 0.15) is 11.4 Å². The number of aryl methyl sites for hydroxylation is 1. The van der Waals surface area contributed by atoms with E-state index in [1.165, 1.54) is 0 Å². The minimum absolute atomic E-state index is 0.246. The summed E-state index contributed by atoms with van der Waals surface area (Å²) < 4.78 is 7.09. The fraction of sp³-hybridized carbons (Fsp3) is 0.100. The van der Waals surface area contributed by atoms with Crippen molar-refractivity contribution in [2.45, 2.75) is 13.5 Å². The zero-order valence-electron chi connectivity index (χ0n) is 14.5. The van der Waals surface area contributed by atoms with E-state index in [2.05, 4.69) is 15.3 Å². The molecule has 132 valence electrons. The van der Waals surface area contributed by atoms with E-state index in [1.54, 1.807) is 12.4 Å². The molecule has 0 fully saturated rings. The van der Waals surface area contributed by atoms with Gasteiger partial charge in [0.15, 0.2) is 5.65 Å². The van der Waals surface area contributed by atoms with Crippen molar-refractivity contribution in [1.29, 1.82) is 0 Å². The van der Waals surface area contributed by atoms with Gasteiger partial charge in [0, 0.05) is 29.2 Å². The van der Waals surface area contributed by atoms with E-state index < -0.39 is 6.09 Å². The number of imidazole rings is 1. The number of nitrogens with zero attached hydrogens (tertiary/aromatic N) is 4. The van der Waals surface area contributed by atoms with Crippen LogP contribution in [0, 0.1) is 6.92 Å². The van der Waals surface area contributed by atoms with Gasteiger partial charge in [-0.15, -0.1) is 0 Å². The van der Waals surface area contributed by atoms with Crippen molar-refractivity contribution in [3.8, 4) is 16.9 Å². The first-order chi connectivity index (χ1) is 13.2. The summed E-state index contributed by atoms with van der Waals surface area (Å²) in [6, 6.07) is 13.6. The maximum absolute atomic E-state index is 11.4. The summed E-state index contributed by atoms with van der Waals surface area (Å²) in [5.41, 5.74) is 6.07. The van der Waals surface area contributed by atoms with Gasteiger partial charge in [-0.05, 0) is 49.4 Å². The molecule has 3 aromatic heterocycles. The van der Waals surface area contributed by atoms with E-state index in [4.69, 9.17) is 9.72 Å². The number of anilines is 1. The maximum atomic E-state index is 11.4. The fourth-order valence-corrected chi connectivity index (χ4v) is 3.31. The van der Waals surface area contributed by atoms with Gasteiger partial charge in [-0.3, -0.25) is 14.9 Å². The predicted octanol–water partition coefficient (Wildman–Crippen LogP) is 3.85. The maximum Gasteiger partial charge on any atom is 0.411 e. The molecule has 4 aromatic rings. The first-order valence-electron chi connectivity index (χ1n) is 8.52. The lowest BCUT2D eigenvalue weighted by Gasteiger charge is -2.18. The van der Waals surface area contributed by atoms with Crippen molar-refractivity contribution >= 4 is 22.9 Å². The number of amides is 1. The second kappa shape index (κ2) is 5.91. The third-order valence-corrected chi connectivity index (χ3v) is 4.59. The average Bonchev–Trinajstić information content (AvgIpc) is 3.03. The molecule has 1 aromatic carbocycles. The Labute approximate surface area is 154 Å². The Morgan fingerprint density at radius 1 is 1.07 bits per heavy atom. The van der Waals surface area contributed by atoms with Gasteiger partial charge in [0.2, 0.25) is 0 Å². The number of carbonyl (C=O) groups excluding carboxylic acids is 1. The third kappa shape index (κ3) is 2.60. The Kier molecular flexibility index (Phi) is 3.39. The molecule has 0 saturated heterocycles. The van der Waals surface area contributed by atoms with Crippen molar-refractivity contribution in [3.05, 3.63) is 66.2 Å². The number of ether oxygens (including phenoxy) is 1. The van der Waals surface area contributed by atoms with Crippen LogP contribution < -0.4 is 5.32 Å². The Balaban J connectivity index is 1.67. The van der Waals surface area contributed by atoms with E-state index in [0.717, 1.165) is 45.2 Å². The number of pyridine rings is 2. The summed E-state index contributed by atoms with van der Waals surface area (Å²) in [4.78, 5) is 24.9. The number of fused-ring (bicyclic) bond motifs is 2. The second-order valence-electron chi connectivity index (χ2n) is 6.31. The third-order valence-electron chi connectivity index (χ3n) is 4.59. The van der Waals surface area contributed by atoms with Crippen molar-refractivity contribution in [3.63, 3.8) is 0 Å². The molecule has 7 heteroatoms. The van der Waals surface area contributed by atoms with Gasteiger partial charge in [0.1, 0.15) is 17.9 Å². The standard InChI is InChI=1S/C20H15N5O2/c1-12-22-18-5-4-16(13-6-8-21-9-7-13)23-19(18)25(12)15-2-3-17-14(10-15)11-27-20(26)24-17/h2-10H,11H2,1H3,(H,24,26). The highest BCUT2D eigenvalue weighted by atomic mass is 16.5. The number of hydrogen-bond donors (Lipinski definition) is 1. The Morgan fingerprint density at radius 3 is 2.78 bits per heavy atom. The average molecular weight is 357 g/mol. The molecule has 5 rings (SSSR count). The van der Waals surface area contributed by atoms with Gasteiger partial charge in [0.05, 0.1) is 11.4 Å². The van der Waals surface area contributed by atoms with Crippen LogP contribution >= 0.6 is 0 Å². The molecular formula is C20H15N5O2. The molecule has 7 nitrogen and oxygen atoms in total. The zero-order chi connectivity index (χ0) is 18.4. The summed E-state index contributed by atoms with van der Waals surface area (Å²) in [5, 5.41) is 2.71. The van der Waals surface area contributed by atoms with Crippen LogP contribution in [0.4, 0.5) is 10.5 Å². The van der Waals surface area contributed by atoms with E-state index >= 15 is 0 Å². The zero-order valence-corrected chi connectivity index (χ0v) is 14.5. The quantitative estimate of drug-likeness (QED) is 0.589. The van der Waals surface area contributed by atoms with Crippen LogP contribution in [0.15, 0.2) is 54.9 Å². The molecule has 1 amide bonds. The van der Waals surface area contributed by atoms with Crippen LogP contribution in [0.5, 0.6) is 0 Å². The summed E-state index contributed by atoms with van der Waals surface area (Å²) in [7, 11) is 0. The second-order valence-corrected chi connectivity index (χ2v) is 6.31. The van der Waals surface area contributed by atoms with Gasteiger partial charge in [-0.25, -0.2) is 14.8 Å². The molecule has 0 bridgehead atoms. The molecule has 0 aliphatic carbocycles. The van der Waals surface area contributed by atoms with Crippen molar-refractivity contribution in [1.82, 2.24) is 19.5 Å². The molecule has 1 aliphatic heterocycles. The minimum Gasteiger partial charge on any atom is -0.444 e. The Morgan fingerprint density at radius 2 is 1.93 bits per heavy atom. The van der Waals surface area contributed by atoms with E-state index in [1.807, 2.05) is 54.0 Å². The van der Waals surface area contributed by atoms with Gasteiger partial charge in [0.25, 0.3) is 0 Å². The van der Waals surface area contributed by atoms with Gasteiger partial charge in [-0.2, -0.15) is 0 Å². The van der Waals surface area contributed by atoms with Crippen LogP contribution in [0.3, 0.4) is 0 Å². The summed E-state index contributed by atoms with van der Waals surface area (Å²) in [5.74, 6) is 0.838. The lowest BCUT2D eigenvalue weighted by molar-refractivity contribution is 0.151. The molecule has 1 aliphatic rings. The molecule has 0 saturated carbocycles. The van der Waals surface area contributed by atoms with Crippen LogP contribution in [-0.4, -0.2) is 25.6 Å². The molecule has 0 spiro atoms. The number of benzene rings is 1. The van der Waals surface area contributed by atoms with Crippen molar-refractivity contribution in [2.75, 3.05) is 5.32 Å². The van der Waals surface area contributed by atoms with Gasteiger partial charge in [-0.1, -0.05) is 0 Å². The minimum atomic E-state index is -0.428. The largest absolute Gasteiger partial charge is 0.444 e. The normalized spacial score (nSPS) is 13.1. The topological polar surface area (TPSA) is 81.9 Å². The SMILES string of the molecule is Cc1nc2ccc(-c3ccncc3)nc2n1-c1ccc2c(c1)COC(=O)N2. The van der Waals surface area contributed by atoms with Crippen molar-refractivity contribution < 1.29 is 9.53 Å². The van der Waals surface area contributed by atoms with E-state index in [9.17, 15) is 4.79 Å². The van der Waals surface area contributed by atoms with E-state index in [0.29, 0.717) is 0 Å². The molecule has 0 radical (unpaired) electrons. The highest BCUT2D eigenvalue weighted by Gasteiger charge is 2.18. The number of nitrogens with one attached hydrogen (secondary N) is 1. The lowest BCUT2D eigenvalue weighted by Crippen LogP contribution is -2.20. The predicted molar refractivity (Wildman–Crippen MR) is 101 cm³/mol. The van der Waals surface area contributed by atoms with Crippen LogP contribution in [0.2, 0.25) is 0 Å². The molecule has 0 unspecified atom stereocenters. The molecular weight excluding hydrogens is 342 g/mol. The number of aromatic nitrogens is 4. The Bertz CT molecular complexity index is 1180. The highest BCUT2D eigenvalue weighted by molar-refractivity contribution is 5.88. The number of hydrogen-bond acceptors (Lipinski definition) is 5. The Hall–Kier alpha value is -3.74. The molecule has 4 heterocycles. The molecule has 27 heavy (non-hydrogen) atoms. The monoisotopic (exact) mass is 357 g/mol. The molecule has 0 atom stereocenters. The number of rotatable bonds is 2. The van der Waals surface area contributed by atoms with Crippen LogP contribution in [0.25, 0.3) is 28.1 Å². The molecule has 1 N–H and O–H groups in total. The van der Waals surface area contributed by atoms with Gasteiger partial charge >= 0.3 is 6.09 Å². The first kappa shape index (κ1) is 15.5. The first-order valence-corrected chi connectivity index (χ1v) is 8.52. The fourth-order valence-electron chi connectivity index (χ4n) is 3.31. The lowest BCUT2D eigenvalue weighted by atomic mass is 10.1. The summed E-state index contributed by atoms with van der Waals surface area (Å²) in [6.07, 6.45) is 3.08. The smallest absolute Gasteiger partial charge is 0.411 e. The number of carbonyl (C=O) groups is 1. The summed E-state index contributed by atoms with van der Waals surface area (Å²) in [6.45, 7) is 2.20. The van der Waals surface area contributed by atoms with E-state index in [-0.39, 0.29) is 6.61 Å². The summed E-state index contributed by atoms with van der Waals surface area (Å²) >= 11 is 0. The number of cyclic esters (lactones) is 1.